The molecule has 3 aromatic carbocycles. The first-order valence-electron chi connectivity index (χ1n) is 40.2. The number of amides is 2. The molecule has 8 atom stereocenters. The van der Waals surface area contributed by atoms with E-state index in [1.807, 2.05) is 0 Å². The average molecular weight is 1700 g/mol. The van der Waals surface area contributed by atoms with Crippen molar-refractivity contribution in [3.05, 3.63) is 96.6 Å². The van der Waals surface area contributed by atoms with Crippen LogP contribution >= 0.6 is 77.4 Å². The Morgan fingerprint density at radius 2 is 0.946 bits per heavy atom. The van der Waals surface area contributed by atoms with Gasteiger partial charge in [-0.2, -0.15) is 0 Å². The number of ether oxygens (including phenoxy) is 9. The smallest absolute Gasteiger partial charge is 0.462 e. The fourth-order valence-corrected chi connectivity index (χ4v) is 13.9. The van der Waals surface area contributed by atoms with Crippen molar-refractivity contribution in [1.82, 2.24) is 10.6 Å². The number of para-hydroxylation sites is 2. The van der Waals surface area contributed by atoms with Crippen LogP contribution < -0.4 is 19.7 Å². The molecule has 2 amide bonds. The third-order valence-electron chi connectivity index (χ3n) is 18.5. The van der Waals surface area contributed by atoms with Crippen LogP contribution in [0.3, 0.4) is 0 Å². The Bertz CT molecular complexity index is 3080. The minimum absolute atomic E-state index is 0.0611. The van der Waals surface area contributed by atoms with E-state index >= 15 is 9.36 Å². The Kier molecular flexibility index (Phi) is 49.9. The number of carbonyl (C=O) groups excluding carboxylic acids is 7. The van der Waals surface area contributed by atoms with Gasteiger partial charge >= 0.3 is 43.9 Å². The van der Waals surface area contributed by atoms with Gasteiger partial charge in [0.25, 0.3) is 0 Å². The van der Waals surface area contributed by atoms with Gasteiger partial charge in [0.1, 0.15) is 61.8 Å². The molecule has 1 saturated heterocycles. The molecule has 29 heteroatoms. The molecule has 111 heavy (non-hydrogen) atoms. The first-order valence-corrected chi connectivity index (χ1v) is 43.9. The summed E-state index contributed by atoms with van der Waals surface area (Å²) in [6.07, 6.45) is 15.7. The fourth-order valence-electron chi connectivity index (χ4n) is 12.2. The van der Waals surface area contributed by atoms with Crippen LogP contribution in [0.15, 0.2) is 91.0 Å². The number of halogens is 6. The molecule has 0 aliphatic carbocycles. The Morgan fingerprint density at radius 1 is 0.514 bits per heavy atom. The lowest BCUT2D eigenvalue weighted by atomic mass is 9.96. The molecule has 1 heterocycles. The van der Waals surface area contributed by atoms with Crippen molar-refractivity contribution in [2.75, 3.05) is 19.8 Å². The number of rotatable bonds is 59. The van der Waals surface area contributed by atoms with Gasteiger partial charge in [-0.15, -0.1) is 0 Å². The highest BCUT2D eigenvalue weighted by Crippen LogP contribution is 2.53. The SMILES string of the molecule is CCCCCCCCCCC[C@H](CC(=O)N[C@@H](CO[C@@H]1O[C@H](COC(=O)OC(C)(C)C(Cl)(Cl)Cl)[C@@H](OP(=O)(Oc2ccccc2)Oc2ccccc2)[C@H](OC(=O)C[C@@H](CCCCCCCCCCC)OC(=O)CCCCCCCC)[C@H]1NC(=O)OCC(Cl)(Cl)Cl)C(=O)OCc1ccccc1)OC(=O)CCCCCCCC. The first kappa shape index (κ1) is 98.4. The van der Waals surface area contributed by atoms with Gasteiger partial charge in [0.2, 0.25) is 13.5 Å². The Balaban J connectivity index is 1.94. The summed E-state index contributed by atoms with van der Waals surface area (Å²) < 4.78 is 84.8. The molecule has 0 spiro atoms. The van der Waals surface area contributed by atoms with Crippen LogP contribution in [0, 0.1) is 0 Å². The molecule has 22 nitrogen and oxygen atoms in total. The third-order valence-corrected chi connectivity index (χ3v) is 21.6. The number of phosphoric ester groups is 1. The van der Waals surface area contributed by atoms with E-state index in [-0.39, 0.29) is 43.8 Å². The predicted molar refractivity (Wildman–Crippen MR) is 433 cm³/mol. The van der Waals surface area contributed by atoms with Crippen LogP contribution in [-0.2, 0) is 82.3 Å². The zero-order valence-corrected chi connectivity index (χ0v) is 71.4. The maximum Gasteiger partial charge on any atom is 0.588 e. The highest BCUT2D eigenvalue weighted by Gasteiger charge is 2.55. The highest BCUT2D eigenvalue weighted by molar-refractivity contribution is 7.49. The summed E-state index contributed by atoms with van der Waals surface area (Å²) in [7, 11) is -5.25. The van der Waals surface area contributed by atoms with Gasteiger partial charge in [-0.05, 0) is 82.2 Å². The van der Waals surface area contributed by atoms with Crippen molar-refractivity contribution in [2.24, 2.45) is 0 Å². The fraction of sp³-hybridized carbons (Fsp3) is 0.695. The molecule has 1 fully saturated rings. The van der Waals surface area contributed by atoms with Crippen LogP contribution in [0.5, 0.6) is 11.5 Å². The van der Waals surface area contributed by atoms with E-state index < -0.39 is 138 Å². The summed E-state index contributed by atoms with van der Waals surface area (Å²) in [6.45, 7) is 8.11. The average Bonchev–Trinajstić information content (AvgIpc) is 0.769. The molecule has 1 aliphatic heterocycles. The van der Waals surface area contributed by atoms with E-state index in [0.29, 0.717) is 37.7 Å². The first-order chi connectivity index (χ1) is 53.2. The van der Waals surface area contributed by atoms with Crippen LogP contribution in [-0.4, -0.2) is 124 Å². The number of alkyl carbamates (subject to hydrolysis) is 1. The zero-order chi connectivity index (χ0) is 81.2. The summed E-state index contributed by atoms with van der Waals surface area (Å²) in [5.74, 6) is -4.00. The highest BCUT2D eigenvalue weighted by atomic mass is 35.6. The summed E-state index contributed by atoms with van der Waals surface area (Å²) in [4.78, 5) is 101. The van der Waals surface area contributed by atoms with Crippen molar-refractivity contribution in [2.45, 2.75) is 341 Å². The van der Waals surface area contributed by atoms with Crippen LogP contribution in [0.4, 0.5) is 9.59 Å². The van der Waals surface area contributed by atoms with Gasteiger partial charge in [0, 0.05) is 12.8 Å². The molecule has 1 aliphatic rings. The van der Waals surface area contributed by atoms with Gasteiger partial charge in [-0.3, -0.25) is 23.7 Å². The monoisotopic (exact) mass is 1700 g/mol. The minimum atomic E-state index is -5.25. The lowest BCUT2D eigenvalue weighted by Crippen LogP contribution is -2.67. The van der Waals surface area contributed by atoms with Crippen LogP contribution in [0.2, 0.25) is 0 Å². The van der Waals surface area contributed by atoms with E-state index in [4.69, 9.17) is 126 Å². The Labute approximate surface area is 689 Å². The van der Waals surface area contributed by atoms with E-state index in [1.54, 1.807) is 66.7 Å². The van der Waals surface area contributed by atoms with Gasteiger partial charge in [-0.25, -0.2) is 18.9 Å². The van der Waals surface area contributed by atoms with Crippen LogP contribution in [0.1, 0.15) is 278 Å². The van der Waals surface area contributed by atoms with Crippen molar-refractivity contribution in [1.29, 1.82) is 0 Å². The van der Waals surface area contributed by atoms with Crippen molar-refractivity contribution in [3.63, 3.8) is 0 Å². The number of alkyl halides is 6. The second-order valence-corrected chi connectivity index (χ2v) is 35.1. The number of carbonyl (C=O) groups is 7. The molecule has 4 rings (SSSR count). The molecule has 0 bridgehead atoms. The molecule has 0 saturated carbocycles. The Morgan fingerprint density at radius 3 is 1.40 bits per heavy atom. The summed E-state index contributed by atoms with van der Waals surface area (Å²) in [6, 6.07) is 20.4. The lowest BCUT2D eigenvalue weighted by Gasteiger charge is -2.45. The molecule has 628 valence electrons. The number of benzene rings is 3. The van der Waals surface area contributed by atoms with Gasteiger partial charge in [0.15, 0.2) is 24.0 Å². The largest absolute Gasteiger partial charge is 0.588 e. The summed E-state index contributed by atoms with van der Waals surface area (Å²) in [5, 5.41) is 5.30. The van der Waals surface area contributed by atoms with Gasteiger partial charge in [0.05, 0.1) is 19.4 Å². The molecular weight excluding hydrogens is 1580 g/mol. The normalized spacial score (nSPS) is 16.8. The predicted octanol–water partition coefficient (Wildman–Crippen LogP) is 22.2. The summed E-state index contributed by atoms with van der Waals surface area (Å²) >= 11 is 37.2. The minimum Gasteiger partial charge on any atom is -0.462 e. The topological polar surface area (TPSA) is 271 Å². The van der Waals surface area contributed by atoms with E-state index in [0.717, 1.165) is 154 Å². The summed E-state index contributed by atoms with van der Waals surface area (Å²) in [5.41, 5.74) is -1.29. The molecule has 0 aromatic heterocycles. The quantitative estimate of drug-likeness (QED) is 0.0175. The number of esters is 4. The van der Waals surface area contributed by atoms with Crippen molar-refractivity contribution >= 4 is 119 Å². The lowest BCUT2D eigenvalue weighted by molar-refractivity contribution is -0.272. The third kappa shape index (κ3) is 44.1. The maximum atomic E-state index is 15.9. The van der Waals surface area contributed by atoms with Crippen LogP contribution in [0.25, 0.3) is 0 Å². The number of unbranched alkanes of at least 4 members (excludes halogenated alkanes) is 26. The zero-order valence-electron chi connectivity index (χ0n) is 65.9. The second kappa shape index (κ2) is 56.3. The van der Waals surface area contributed by atoms with E-state index in [1.165, 1.54) is 51.0 Å². The molecule has 2 N–H and O–H groups in total. The number of phosphoric acid groups is 1. The van der Waals surface area contributed by atoms with E-state index in [2.05, 4.69) is 38.3 Å². The number of nitrogens with one attached hydrogen (secondary N) is 2. The van der Waals surface area contributed by atoms with E-state index in [9.17, 15) is 28.8 Å². The maximum absolute atomic E-state index is 15.9. The van der Waals surface area contributed by atoms with Gasteiger partial charge in [-0.1, -0.05) is 331 Å². The van der Waals surface area contributed by atoms with Crippen molar-refractivity contribution < 1.29 is 94.3 Å². The number of hydrogen-bond acceptors (Lipinski definition) is 20. The second-order valence-electron chi connectivity index (χ2n) is 28.8. The molecule has 0 radical (unpaired) electrons. The van der Waals surface area contributed by atoms with Gasteiger partial charge < -0.3 is 62.3 Å². The number of hydrogen-bond donors (Lipinski definition) is 2. The van der Waals surface area contributed by atoms with Crippen molar-refractivity contribution in [3.8, 4) is 11.5 Å². The standard InChI is InChI=1S/C82H123Cl6N2O20P/c1-7-11-15-19-23-25-27-29-38-52-65(103-70(92)54-44-31-21-17-13-9-3)56-69(91)89-67(76(95)99-58-62-46-36-33-37-47-62)59-100-77-73(90-78(96)102-61-81(83,84)85)75(106-72(94)57-66(53-39-30-28-26-24-20-16-12-8-2)104-71(93)55-45-32-22-18-14-10-4)74(68(105-77)60-101-79(97)107-80(5,6)82(86,87)88)110-111(98,108-63-48-40-34-41-49-63)109-64-50-42-35-43-51-64/h33-37,40-43,46-51,65-68,73-75,77H,7-32,38-39,44-45,52-61H2,1-6H3,(H,89,91)(H,90,96)/t65-,66-,67+,68-,73-,74-,75-,77-/m1/s1. The molecule has 0 unspecified atom stereocenters. The molecule has 3 aromatic rings. The Hall–Kier alpha value is -5.00. The molecular formula is C82H123Cl6N2O20P.